The van der Waals surface area contributed by atoms with E-state index in [0.717, 1.165) is 17.5 Å². The van der Waals surface area contributed by atoms with Gasteiger partial charge in [-0.25, -0.2) is 5.43 Å². The van der Waals surface area contributed by atoms with Crippen LogP contribution in [0.4, 0.5) is 5.69 Å². The predicted molar refractivity (Wildman–Crippen MR) is 130 cm³/mol. The molecule has 0 atom stereocenters. The summed E-state index contributed by atoms with van der Waals surface area (Å²) in [5, 5.41) is 7.10. The van der Waals surface area contributed by atoms with Crippen LogP contribution in [0.3, 0.4) is 0 Å². The quantitative estimate of drug-likeness (QED) is 0.254. The largest absolute Gasteiger partial charge is 0.488 e. The molecule has 3 aromatic rings. The molecule has 0 saturated heterocycles. The standard InChI is InChI=1S/C24H21BrClN3O3/c1-2-17-7-4-6-10-21(17)28-23(30)24(31)29-27-14-16-11-12-22(19(25)13-16)32-15-18-8-3-5-9-20(18)26/h3-14H,2,15H2,1H3,(H,28,30)(H,29,31)/b27-14-. The van der Waals surface area contributed by atoms with Crippen molar-refractivity contribution >= 4 is 51.2 Å². The third kappa shape index (κ3) is 6.42. The highest BCUT2D eigenvalue weighted by Gasteiger charge is 2.14. The third-order valence-electron chi connectivity index (χ3n) is 4.53. The van der Waals surface area contributed by atoms with Crippen LogP contribution in [0.15, 0.2) is 76.3 Å². The highest BCUT2D eigenvalue weighted by molar-refractivity contribution is 9.10. The first-order chi connectivity index (χ1) is 15.5. The van der Waals surface area contributed by atoms with Crippen molar-refractivity contribution in [1.29, 1.82) is 0 Å². The molecule has 32 heavy (non-hydrogen) atoms. The minimum absolute atomic E-state index is 0.331. The fourth-order valence-electron chi connectivity index (χ4n) is 2.83. The van der Waals surface area contributed by atoms with Gasteiger partial charge in [0.1, 0.15) is 12.4 Å². The highest BCUT2D eigenvalue weighted by Crippen LogP contribution is 2.27. The van der Waals surface area contributed by atoms with Gasteiger partial charge in [0.25, 0.3) is 0 Å². The first-order valence-corrected chi connectivity index (χ1v) is 11.0. The van der Waals surface area contributed by atoms with Gasteiger partial charge in [-0.3, -0.25) is 9.59 Å². The number of hydrogen-bond donors (Lipinski definition) is 2. The molecule has 0 radical (unpaired) electrons. The number of carbonyl (C=O) groups is 2. The molecule has 3 rings (SSSR count). The Kier molecular flexibility index (Phi) is 8.41. The topological polar surface area (TPSA) is 79.8 Å². The maximum absolute atomic E-state index is 12.1. The van der Waals surface area contributed by atoms with Crippen molar-refractivity contribution in [2.45, 2.75) is 20.0 Å². The Hall–Kier alpha value is -3.16. The Labute approximate surface area is 199 Å². The van der Waals surface area contributed by atoms with Crippen LogP contribution in [0.2, 0.25) is 5.02 Å². The number of para-hydroxylation sites is 1. The normalized spacial score (nSPS) is 10.7. The number of nitrogens with one attached hydrogen (secondary N) is 2. The molecule has 0 unspecified atom stereocenters. The number of hydrogen-bond acceptors (Lipinski definition) is 4. The number of carbonyl (C=O) groups excluding carboxylic acids is 2. The number of hydrazone groups is 1. The van der Waals surface area contributed by atoms with Crippen LogP contribution in [-0.4, -0.2) is 18.0 Å². The minimum atomic E-state index is -0.856. The van der Waals surface area contributed by atoms with Gasteiger partial charge < -0.3 is 10.1 Å². The molecule has 0 aliphatic heterocycles. The molecular weight excluding hydrogens is 494 g/mol. The summed E-state index contributed by atoms with van der Waals surface area (Å²) in [6, 6.07) is 20.1. The van der Waals surface area contributed by atoms with Gasteiger partial charge in [0.15, 0.2) is 0 Å². The lowest BCUT2D eigenvalue weighted by atomic mass is 10.1. The van der Waals surface area contributed by atoms with Gasteiger partial charge in [-0.1, -0.05) is 54.9 Å². The molecule has 0 spiro atoms. The number of anilines is 1. The summed E-state index contributed by atoms with van der Waals surface area (Å²) in [6.07, 6.45) is 2.18. The van der Waals surface area contributed by atoms with Gasteiger partial charge in [0.05, 0.1) is 10.7 Å². The lowest BCUT2D eigenvalue weighted by Crippen LogP contribution is -2.32. The SMILES string of the molecule is CCc1ccccc1NC(=O)C(=O)N/N=C\c1ccc(OCc2ccccc2Cl)c(Br)c1. The van der Waals surface area contributed by atoms with Gasteiger partial charge >= 0.3 is 11.8 Å². The summed E-state index contributed by atoms with van der Waals surface area (Å²) in [6.45, 7) is 2.30. The van der Waals surface area contributed by atoms with E-state index in [0.29, 0.717) is 33.1 Å². The van der Waals surface area contributed by atoms with Gasteiger partial charge in [-0.15, -0.1) is 0 Å². The van der Waals surface area contributed by atoms with Gasteiger partial charge in [0, 0.05) is 16.3 Å². The number of nitrogens with zero attached hydrogens (tertiary/aromatic N) is 1. The molecule has 0 heterocycles. The smallest absolute Gasteiger partial charge is 0.329 e. The summed E-state index contributed by atoms with van der Waals surface area (Å²) in [7, 11) is 0. The average molecular weight is 515 g/mol. The molecular formula is C24H21BrClN3O3. The highest BCUT2D eigenvalue weighted by atomic mass is 79.9. The van der Waals surface area contributed by atoms with Crippen LogP contribution in [0.25, 0.3) is 0 Å². The fourth-order valence-corrected chi connectivity index (χ4v) is 3.53. The van der Waals surface area contributed by atoms with E-state index in [9.17, 15) is 9.59 Å². The zero-order valence-corrected chi connectivity index (χ0v) is 19.6. The predicted octanol–water partition coefficient (Wildman–Crippen LogP) is 5.33. The monoisotopic (exact) mass is 513 g/mol. The maximum atomic E-state index is 12.1. The summed E-state index contributed by atoms with van der Waals surface area (Å²) in [4.78, 5) is 24.1. The van der Waals surface area contributed by atoms with Crippen LogP contribution in [0, 0.1) is 0 Å². The van der Waals surface area contributed by atoms with Gasteiger partial charge in [0.2, 0.25) is 0 Å². The van der Waals surface area contributed by atoms with Crippen molar-refractivity contribution < 1.29 is 14.3 Å². The molecule has 2 amide bonds. The summed E-state index contributed by atoms with van der Waals surface area (Å²) in [5.41, 5.74) is 5.37. The van der Waals surface area contributed by atoms with E-state index in [1.807, 2.05) is 43.3 Å². The molecule has 164 valence electrons. The van der Waals surface area contributed by atoms with Crippen molar-refractivity contribution in [1.82, 2.24) is 5.43 Å². The number of aryl methyl sites for hydroxylation is 1. The van der Waals surface area contributed by atoms with Crippen molar-refractivity contribution in [2.24, 2.45) is 5.10 Å². The molecule has 0 aliphatic carbocycles. The molecule has 0 bridgehead atoms. The number of ether oxygens (including phenoxy) is 1. The molecule has 6 nitrogen and oxygen atoms in total. The first-order valence-electron chi connectivity index (χ1n) is 9.86. The second-order valence-electron chi connectivity index (χ2n) is 6.73. The molecule has 3 aromatic carbocycles. The van der Waals surface area contributed by atoms with Crippen LogP contribution in [0.1, 0.15) is 23.6 Å². The Morgan fingerprint density at radius 2 is 1.75 bits per heavy atom. The lowest BCUT2D eigenvalue weighted by Gasteiger charge is -2.10. The van der Waals surface area contributed by atoms with Crippen molar-refractivity contribution in [3.8, 4) is 5.75 Å². The molecule has 0 aromatic heterocycles. The minimum Gasteiger partial charge on any atom is -0.488 e. The third-order valence-corrected chi connectivity index (χ3v) is 5.52. The summed E-state index contributed by atoms with van der Waals surface area (Å²) < 4.78 is 6.53. The van der Waals surface area contributed by atoms with Crippen molar-refractivity contribution in [2.75, 3.05) is 5.32 Å². The van der Waals surface area contributed by atoms with E-state index in [4.69, 9.17) is 16.3 Å². The van der Waals surface area contributed by atoms with Crippen molar-refractivity contribution in [3.63, 3.8) is 0 Å². The lowest BCUT2D eigenvalue weighted by molar-refractivity contribution is -0.136. The zero-order valence-electron chi connectivity index (χ0n) is 17.3. The molecule has 8 heteroatoms. The first kappa shape index (κ1) is 23.5. The van der Waals surface area contributed by atoms with Crippen LogP contribution < -0.4 is 15.5 Å². The number of halogens is 2. The number of benzene rings is 3. The number of amides is 2. The van der Waals surface area contributed by atoms with E-state index in [1.54, 1.807) is 30.3 Å². The van der Waals surface area contributed by atoms with Crippen LogP contribution in [-0.2, 0) is 22.6 Å². The van der Waals surface area contributed by atoms with E-state index in [2.05, 4.69) is 31.8 Å². The average Bonchev–Trinajstić information content (AvgIpc) is 2.79. The van der Waals surface area contributed by atoms with E-state index in [-0.39, 0.29) is 0 Å². The Morgan fingerprint density at radius 3 is 2.47 bits per heavy atom. The maximum Gasteiger partial charge on any atom is 0.329 e. The van der Waals surface area contributed by atoms with Crippen molar-refractivity contribution in [3.05, 3.63) is 92.9 Å². The summed E-state index contributed by atoms with van der Waals surface area (Å²) >= 11 is 9.61. The Bertz CT molecular complexity index is 1150. The Morgan fingerprint density at radius 1 is 1.03 bits per heavy atom. The molecule has 0 saturated carbocycles. The van der Waals surface area contributed by atoms with Crippen LogP contribution >= 0.6 is 27.5 Å². The molecule has 2 N–H and O–H groups in total. The van der Waals surface area contributed by atoms with E-state index in [1.165, 1.54) is 6.21 Å². The fraction of sp³-hybridized carbons (Fsp3) is 0.125. The second kappa shape index (κ2) is 11.5. The van der Waals surface area contributed by atoms with Gasteiger partial charge in [-0.05, 0) is 63.8 Å². The second-order valence-corrected chi connectivity index (χ2v) is 8.00. The van der Waals surface area contributed by atoms with E-state index >= 15 is 0 Å². The molecule has 0 aliphatic rings. The van der Waals surface area contributed by atoms with Crippen LogP contribution in [0.5, 0.6) is 5.75 Å². The van der Waals surface area contributed by atoms with E-state index < -0.39 is 11.8 Å². The summed E-state index contributed by atoms with van der Waals surface area (Å²) in [5.74, 6) is -1.00. The Balaban J connectivity index is 1.54. The zero-order chi connectivity index (χ0) is 22.9. The van der Waals surface area contributed by atoms with Gasteiger partial charge in [-0.2, -0.15) is 5.10 Å². The number of rotatable bonds is 7. The molecule has 0 fully saturated rings.